The number of nitrogens with zero attached hydrogens (tertiary/aromatic N) is 5. The van der Waals surface area contributed by atoms with Gasteiger partial charge in [-0.25, -0.2) is 9.79 Å². The van der Waals surface area contributed by atoms with Gasteiger partial charge in [0, 0.05) is 55.1 Å². The van der Waals surface area contributed by atoms with Crippen molar-refractivity contribution in [1.82, 2.24) is 9.47 Å². The summed E-state index contributed by atoms with van der Waals surface area (Å²) in [4.78, 5) is 49.1. The topological polar surface area (TPSA) is 120 Å². The van der Waals surface area contributed by atoms with Crippen LogP contribution in [-0.4, -0.2) is 67.3 Å². The van der Waals surface area contributed by atoms with Crippen LogP contribution in [0.1, 0.15) is 29.7 Å². The lowest BCUT2D eigenvalue weighted by Crippen LogP contribution is -2.44. The number of esters is 1. The van der Waals surface area contributed by atoms with Crippen LogP contribution in [0.5, 0.6) is 5.75 Å². The van der Waals surface area contributed by atoms with Crippen LogP contribution in [0.3, 0.4) is 0 Å². The van der Waals surface area contributed by atoms with Gasteiger partial charge in [-0.15, -0.1) is 0 Å². The molecule has 0 radical (unpaired) electrons. The highest BCUT2D eigenvalue weighted by molar-refractivity contribution is 7.07. The van der Waals surface area contributed by atoms with Gasteiger partial charge in [0.25, 0.3) is 11.2 Å². The Balaban J connectivity index is 1.60. The van der Waals surface area contributed by atoms with E-state index >= 15 is 0 Å². The molecule has 0 spiro atoms. The van der Waals surface area contributed by atoms with E-state index in [0.717, 1.165) is 31.9 Å². The summed E-state index contributed by atoms with van der Waals surface area (Å²) in [5.41, 5.74) is 2.99. The summed E-state index contributed by atoms with van der Waals surface area (Å²) in [6, 6.07) is 20.4. The SMILES string of the molecule is CCOC(=O)C1=C(c2ccccc2)N=c2s/c(=C/c3cc([N+](=O)[O-])ccc3N3CCN(C)CC3)c(=O)n2[C@H]1c1ccc(OC)cc1. The number of carbonyl (C=O) groups is 1. The van der Waals surface area contributed by atoms with Crippen molar-refractivity contribution in [3.8, 4) is 5.75 Å². The molecule has 236 valence electrons. The third-order valence-electron chi connectivity index (χ3n) is 8.16. The van der Waals surface area contributed by atoms with Crippen LogP contribution in [0.15, 0.2) is 88.2 Å². The highest BCUT2D eigenvalue weighted by Gasteiger charge is 2.35. The number of benzene rings is 3. The van der Waals surface area contributed by atoms with Gasteiger partial charge in [-0.3, -0.25) is 19.5 Å². The highest BCUT2D eigenvalue weighted by Crippen LogP contribution is 2.36. The number of anilines is 1. The lowest BCUT2D eigenvalue weighted by atomic mass is 9.93. The molecular weight excluding hydrogens is 606 g/mol. The lowest BCUT2D eigenvalue weighted by molar-refractivity contribution is -0.384. The Hall–Kier alpha value is -5.07. The molecule has 1 atom stereocenters. The number of hydrogen-bond donors (Lipinski definition) is 0. The van der Waals surface area contributed by atoms with Crippen LogP contribution < -0.4 is 24.5 Å². The number of ether oxygens (including phenoxy) is 2. The van der Waals surface area contributed by atoms with Gasteiger partial charge >= 0.3 is 5.97 Å². The third-order valence-corrected chi connectivity index (χ3v) is 9.14. The quantitative estimate of drug-likeness (QED) is 0.163. The zero-order valence-corrected chi connectivity index (χ0v) is 26.5. The smallest absolute Gasteiger partial charge is 0.338 e. The van der Waals surface area contributed by atoms with Crippen molar-refractivity contribution in [1.29, 1.82) is 0 Å². The molecule has 2 aliphatic rings. The average molecular weight is 640 g/mol. The molecule has 3 heterocycles. The molecule has 12 heteroatoms. The molecule has 6 rings (SSSR count). The first-order valence-corrected chi connectivity index (χ1v) is 15.7. The van der Waals surface area contributed by atoms with Crippen molar-refractivity contribution in [2.24, 2.45) is 4.99 Å². The molecule has 0 N–H and O–H groups in total. The standard InChI is InChI=1S/C34H33N5O6S/c1-4-45-33(41)29-30(22-8-6-5-7-9-22)35-34-38(31(29)23-10-13-26(44-3)14-11-23)32(40)28(46-34)21-24-20-25(39(42)43)12-15-27(24)37-18-16-36(2)17-19-37/h5-15,20-21,31H,4,16-19H2,1-3H3/b28-21+/t31-/m0/s1. The molecular formula is C34H33N5O6S. The van der Waals surface area contributed by atoms with Gasteiger partial charge < -0.3 is 19.3 Å². The molecule has 0 bridgehead atoms. The fourth-order valence-electron chi connectivity index (χ4n) is 5.79. The zero-order chi connectivity index (χ0) is 32.4. The van der Waals surface area contributed by atoms with Crippen LogP contribution in [-0.2, 0) is 9.53 Å². The molecule has 1 fully saturated rings. The van der Waals surface area contributed by atoms with Crippen molar-refractivity contribution in [2.45, 2.75) is 13.0 Å². The molecule has 3 aromatic carbocycles. The van der Waals surface area contributed by atoms with E-state index in [1.54, 1.807) is 38.3 Å². The summed E-state index contributed by atoms with van der Waals surface area (Å²) in [6.07, 6.45) is 1.70. The number of rotatable bonds is 8. The summed E-state index contributed by atoms with van der Waals surface area (Å²) >= 11 is 1.18. The normalized spacial score (nSPS) is 17.0. The number of hydrogen-bond acceptors (Lipinski definition) is 10. The van der Waals surface area contributed by atoms with Gasteiger partial charge in [-0.1, -0.05) is 53.8 Å². The number of non-ortho nitro benzene ring substituents is 1. The van der Waals surface area contributed by atoms with Gasteiger partial charge in [0.05, 0.1) is 40.5 Å². The van der Waals surface area contributed by atoms with Gasteiger partial charge in [0.2, 0.25) is 0 Å². The Morgan fingerprint density at radius 1 is 1.07 bits per heavy atom. The molecule has 2 aliphatic heterocycles. The maximum absolute atomic E-state index is 14.4. The number of fused-ring (bicyclic) bond motifs is 1. The number of likely N-dealkylation sites (N-methyl/N-ethyl adjacent to an activating group) is 1. The second-order valence-electron chi connectivity index (χ2n) is 11.0. The maximum atomic E-state index is 14.4. The number of methoxy groups -OCH3 is 1. The maximum Gasteiger partial charge on any atom is 0.338 e. The molecule has 0 saturated carbocycles. The number of nitro groups is 1. The average Bonchev–Trinajstić information content (AvgIpc) is 3.38. The van der Waals surface area contributed by atoms with Crippen LogP contribution in [0.2, 0.25) is 0 Å². The molecule has 0 amide bonds. The Kier molecular flexibility index (Phi) is 8.82. The second-order valence-corrected chi connectivity index (χ2v) is 12.0. The number of thiazole rings is 1. The Bertz CT molecular complexity index is 1990. The molecule has 4 aromatic rings. The van der Waals surface area contributed by atoms with E-state index < -0.39 is 16.9 Å². The van der Waals surface area contributed by atoms with E-state index in [4.69, 9.17) is 14.5 Å². The minimum atomic E-state index is -0.847. The molecule has 11 nitrogen and oxygen atoms in total. The highest BCUT2D eigenvalue weighted by atomic mass is 32.1. The fourth-order valence-corrected chi connectivity index (χ4v) is 6.78. The molecule has 1 saturated heterocycles. The first kappa shape index (κ1) is 30.9. The Morgan fingerprint density at radius 3 is 2.43 bits per heavy atom. The molecule has 1 aromatic heterocycles. The van der Waals surface area contributed by atoms with Gasteiger partial charge in [0.15, 0.2) is 4.80 Å². The van der Waals surface area contributed by atoms with Crippen LogP contribution in [0.4, 0.5) is 11.4 Å². The number of nitro benzene ring substituents is 1. The van der Waals surface area contributed by atoms with Crippen LogP contribution in [0.25, 0.3) is 11.8 Å². The molecule has 0 unspecified atom stereocenters. The van der Waals surface area contributed by atoms with Gasteiger partial charge in [-0.05, 0) is 43.8 Å². The number of piperazine rings is 1. The van der Waals surface area contributed by atoms with E-state index in [1.807, 2.05) is 42.5 Å². The first-order valence-electron chi connectivity index (χ1n) is 14.9. The van der Waals surface area contributed by atoms with Crippen molar-refractivity contribution < 1.29 is 19.2 Å². The number of aromatic nitrogens is 1. The summed E-state index contributed by atoms with van der Waals surface area (Å²) < 4.78 is 12.8. The predicted octanol–water partition coefficient (Wildman–Crippen LogP) is 3.60. The van der Waals surface area contributed by atoms with Gasteiger partial charge in [-0.2, -0.15) is 0 Å². The van der Waals surface area contributed by atoms with E-state index in [1.165, 1.54) is 28.0 Å². The minimum absolute atomic E-state index is 0.0658. The van der Waals surface area contributed by atoms with Crippen LogP contribution >= 0.6 is 11.3 Å². The van der Waals surface area contributed by atoms with Gasteiger partial charge in [0.1, 0.15) is 5.75 Å². The minimum Gasteiger partial charge on any atom is -0.497 e. The second kappa shape index (κ2) is 13.1. The zero-order valence-electron chi connectivity index (χ0n) is 25.7. The van der Waals surface area contributed by atoms with Crippen molar-refractivity contribution >= 4 is 40.5 Å². The Morgan fingerprint density at radius 2 is 1.78 bits per heavy atom. The monoisotopic (exact) mass is 639 g/mol. The van der Waals surface area contributed by atoms with Crippen molar-refractivity contribution in [3.63, 3.8) is 0 Å². The summed E-state index contributed by atoms with van der Waals surface area (Å²) in [6.45, 7) is 5.06. The summed E-state index contributed by atoms with van der Waals surface area (Å²) in [5, 5.41) is 11.8. The first-order chi connectivity index (χ1) is 22.3. The van der Waals surface area contributed by atoms with E-state index in [9.17, 15) is 19.7 Å². The van der Waals surface area contributed by atoms with E-state index in [2.05, 4.69) is 16.8 Å². The van der Waals surface area contributed by atoms with E-state index in [0.29, 0.717) is 37.5 Å². The predicted molar refractivity (Wildman–Crippen MR) is 177 cm³/mol. The molecule has 0 aliphatic carbocycles. The van der Waals surface area contributed by atoms with Crippen LogP contribution in [0, 0.1) is 10.1 Å². The fraction of sp³-hybridized carbons (Fsp3) is 0.265. The van der Waals surface area contributed by atoms with Crippen molar-refractivity contribution in [3.05, 3.63) is 125 Å². The summed E-state index contributed by atoms with van der Waals surface area (Å²) in [7, 11) is 3.63. The summed E-state index contributed by atoms with van der Waals surface area (Å²) in [5.74, 6) is 0.0550. The lowest BCUT2D eigenvalue weighted by Gasteiger charge is -2.34. The third kappa shape index (κ3) is 5.96. The van der Waals surface area contributed by atoms with E-state index in [-0.39, 0.29) is 23.4 Å². The Labute approximate surface area is 269 Å². The van der Waals surface area contributed by atoms with Crippen molar-refractivity contribution in [2.75, 3.05) is 51.8 Å². The largest absolute Gasteiger partial charge is 0.497 e. The molecule has 46 heavy (non-hydrogen) atoms. The number of carbonyl (C=O) groups excluding carboxylic acids is 1.